The fourth-order valence-corrected chi connectivity index (χ4v) is 6.08. The molecule has 3 aliphatic rings. The van der Waals surface area contributed by atoms with Crippen LogP contribution in [0.25, 0.3) is 0 Å². The van der Waals surface area contributed by atoms with Gasteiger partial charge in [-0.25, -0.2) is 18.4 Å². The quantitative estimate of drug-likeness (QED) is 0.252. The molecular weight excluding hydrogens is 658 g/mol. The number of rotatable bonds is 3. The Morgan fingerprint density at radius 2 is 1.65 bits per heavy atom. The number of hydrogen-bond acceptors (Lipinski definition) is 4. The van der Waals surface area contributed by atoms with Crippen molar-refractivity contribution in [2.75, 3.05) is 33.5 Å². The van der Waals surface area contributed by atoms with Crippen molar-refractivity contribution < 1.29 is 54.6 Å². The topological polar surface area (TPSA) is 114 Å². The third-order valence-electron chi connectivity index (χ3n) is 7.91. The lowest BCUT2D eigenvalue weighted by Gasteiger charge is -2.35. The lowest BCUT2D eigenvalue weighted by Crippen LogP contribution is -2.48. The standard InChI is InChI=1S/C28H18ClF8N5O4/c29-16-3-1-11(30)7-14(16)21-20-18(9-17(38-23(43)27(32,33)34)13-5-6-41(22(13)20)25(45)40-21)39-24(44)42-10-26(46,28(35,36)37)15-8-12(31)2-4-19(15)42/h1-4,7-9,21,46H,5-6,10H2,(H,38,43)(H,39,44)(H,40,45). The van der Waals surface area contributed by atoms with Gasteiger partial charge in [0.15, 0.2) is 0 Å². The van der Waals surface area contributed by atoms with Crippen LogP contribution in [-0.4, -0.2) is 48.5 Å². The maximum atomic E-state index is 14.4. The Kier molecular flexibility index (Phi) is 7.12. The van der Waals surface area contributed by atoms with Crippen molar-refractivity contribution in [1.29, 1.82) is 0 Å². The first kappa shape index (κ1) is 31.3. The van der Waals surface area contributed by atoms with Crippen LogP contribution in [0.2, 0.25) is 5.02 Å². The fourth-order valence-electron chi connectivity index (χ4n) is 5.85. The molecule has 0 fully saturated rings. The lowest BCUT2D eigenvalue weighted by molar-refractivity contribution is -0.258. The number of halogens is 9. The van der Waals surface area contributed by atoms with Crippen molar-refractivity contribution in [3.63, 3.8) is 0 Å². The van der Waals surface area contributed by atoms with Gasteiger partial charge in [0, 0.05) is 39.5 Å². The summed E-state index contributed by atoms with van der Waals surface area (Å²) >= 11 is 6.32. The molecule has 2 unspecified atom stereocenters. The van der Waals surface area contributed by atoms with Crippen LogP contribution in [0.3, 0.4) is 0 Å². The van der Waals surface area contributed by atoms with E-state index in [2.05, 4.69) is 10.6 Å². The SMILES string of the molecule is O=C(Nc1cc(NC(=O)C(F)(F)F)c2c3c1C(c1cc(F)ccc1Cl)NC(=O)N3CC2)N1CC(O)(C(F)(F)F)c2cc(F)ccc21. The van der Waals surface area contributed by atoms with Gasteiger partial charge in [-0.05, 0) is 48.9 Å². The van der Waals surface area contributed by atoms with Gasteiger partial charge in [-0.3, -0.25) is 14.6 Å². The predicted octanol–water partition coefficient (Wildman–Crippen LogP) is 6.10. The summed E-state index contributed by atoms with van der Waals surface area (Å²) in [5.41, 5.74) is -6.17. The minimum absolute atomic E-state index is 0.0393. The van der Waals surface area contributed by atoms with E-state index in [-0.39, 0.29) is 40.4 Å². The second-order valence-electron chi connectivity index (χ2n) is 10.7. The molecule has 0 radical (unpaired) electrons. The molecule has 0 saturated carbocycles. The van der Waals surface area contributed by atoms with Crippen molar-refractivity contribution in [3.05, 3.63) is 81.4 Å². The molecule has 0 aromatic heterocycles. The Bertz CT molecular complexity index is 1830. The Hall–Kier alpha value is -4.64. The summed E-state index contributed by atoms with van der Waals surface area (Å²) < 4.78 is 110. The zero-order valence-electron chi connectivity index (χ0n) is 22.7. The van der Waals surface area contributed by atoms with E-state index in [1.807, 2.05) is 0 Å². The van der Waals surface area contributed by atoms with Crippen LogP contribution in [0, 0.1) is 11.6 Å². The number of urea groups is 2. The highest BCUT2D eigenvalue weighted by molar-refractivity contribution is 6.31. The van der Waals surface area contributed by atoms with Gasteiger partial charge in [-0.2, -0.15) is 26.3 Å². The number of benzene rings is 3. The molecule has 0 bridgehead atoms. The molecule has 5 amide bonds. The van der Waals surface area contributed by atoms with E-state index >= 15 is 0 Å². The van der Waals surface area contributed by atoms with Crippen LogP contribution in [0.5, 0.6) is 0 Å². The minimum Gasteiger partial charge on any atom is -0.375 e. The van der Waals surface area contributed by atoms with Gasteiger partial charge in [0.05, 0.1) is 29.6 Å². The number of nitrogens with one attached hydrogen (secondary N) is 3. The highest BCUT2D eigenvalue weighted by atomic mass is 35.5. The molecule has 3 aromatic carbocycles. The third kappa shape index (κ3) is 4.93. The van der Waals surface area contributed by atoms with E-state index < -0.39 is 82.8 Å². The zero-order valence-corrected chi connectivity index (χ0v) is 23.5. The third-order valence-corrected chi connectivity index (χ3v) is 8.26. The van der Waals surface area contributed by atoms with Gasteiger partial charge in [-0.15, -0.1) is 0 Å². The average molecular weight is 676 g/mol. The first-order chi connectivity index (χ1) is 21.4. The van der Waals surface area contributed by atoms with Crippen LogP contribution < -0.4 is 25.8 Å². The number of nitrogens with zero attached hydrogens (tertiary/aromatic N) is 2. The highest BCUT2D eigenvalue weighted by Gasteiger charge is 2.61. The Morgan fingerprint density at radius 1 is 0.978 bits per heavy atom. The van der Waals surface area contributed by atoms with Crippen molar-refractivity contribution in [3.8, 4) is 0 Å². The summed E-state index contributed by atoms with van der Waals surface area (Å²) in [4.78, 5) is 40.3. The number of anilines is 4. The molecule has 18 heteroatoms. The minimum atomic E-state index is -5.37. The van der Waals surface area contributed by atoms with Gasteiger partial charge >= 0.3 is 30.3 Å². The zero-order chi connectivity index (χ0) is 33.5. The van der Waals surface area contributed by atoms with E-state index in [9.17, 15) is 54.6 Å². The highest BCUT2D eigenvalue weighted by Crippen LogP contribution is 2.51. The fraction of sp³-hybridized carbons (Fsp3) is 0.250. The Morgan fingerprint density at radius 3 is 2.33 bits per heavy atom. The Balaban J connectivity index is 1.51. The summed E-state index contributed by atoms with van der Waals surface area (Å²) in [7, 11) is 0. The number of β-amino-alcohol motifs (C(OH)–C–C–N with tert-alkyl or cyclic N) is 1. The first-order valence-electron chi connectivity index (χ1n) is 13.2. The smallest absolute Gasteiger partial charge is 0.375 e. The second kappa shape index (κ2) is 10.4. The van der Waals surface area contributed by atoms with Gasteiger partial charge in [0.2, 0.25) is 5.60 Å². The molecule has 46 heavy (non-hydrogen) atoms. The number of fused-ring (bicyclic) bond motifs is 1. The summed E-state index contributed by atoms with van der Waals surface area (Å²) in [6, 6.07) is 2.55. The van der Waals surface area contributed by atoms with Crippen LogP contribution in [-0.2, 0) is 16.8 Å². The van der Waals surface area contributed by atoms with Crippen LogP contribution in [0.15, 0.2) is 42.5 Å². The van der Waals surface area contributed by atoms with E-state index in [0.29, 0.717) is 11.0 Å². The molecule has 4 N–H and O–H groups in total. The number of amides is 5. The van der Waals surface area contributed by atoms with E-state index in [1.54, 1.807) is 5.32 Å². The molecule has 3 heterocycles. The Labute approximate surface area is 257 Å². The molecule has 6 rings (SSSR count). The van der Waals surface area contributed by atoms with Gasteiger partial charge in [0.25, 0.3) is 0 Å². The summed E-state index contributed by atoms with van der Waals surface area (Å²) in [6.07, 6.45) is -10.8. The van der Waals surface area contributed by atoms with Crippen molar-refractivity contribution in [1.82, 2.24) is 5.32 Å². The number of alkyl halides is 6. The number of aliphatic hydroxyl groups is 1. The molecule has 3 aliphatic heterocycles. The maximum Gasteiger partial charge on any atom is 0.471 e. The molecule has 0 saturated heterocycles. The summed E-state index contributed by atoms with van der Waals surface area (Å²) in [6.45, 7) is -1.52. The van der Waals surface area contributed by atoms with Gasteiger partial charge < -0.3 is 21.1 Å². The van der Waals surface area contributed by atoms with Crippen LogP contribution in [0.1, 0.15) is 28.3 Å². The average Bonchev–Trinajstić information content (AvgIpc) is 3.54. The van der Waals surface area contributed by atoms with E-state index in [1.165, 1.54) is 6.07 Å². The monoisotopic (exact) mass is 675 g/mol. The largest absolute Gasteiger partial charge is 0.471 e. The first-order valence-corrected chi connectivity index (χ1v) is 13.6. The molecular formula is C28H18ClF8N5O4. The van der Waals surface area contributed by atoms with Crippen LogP contribution in [0.4, 0.5) is 67.5 Å². The number of carbonyl (C=O) groups excluding carboxylic acids is 3. The molecule has 3 aromatic rings. The molecule has 2 atom stereocenters. The second-order valence-corrected chi connectivity index (χ2v) is 11.1. The van der Waals surface area contributed by atoms with Gasteiger partial charge in [-0.1, -0.05) is 11.6 Å². The summed E-state index contributed by atoms with van der Waals surface area (Å²) in [5.74, 6) is -4.32. The molecule has 0 aliphatic carbocycles. The summed E-state index contributed by atoms with van der Waals surface area (Å²) in [5, 5.41) is 17.1. The van der Waals surface area contributed by atoms with E-state index in [0.717, 1.165) is 35.2 Å². The number of hydrogen-bond donors (Lipinski definition) is 4. The molecule has 242 valence electrons. The van der Waals surface area contributed by atoms with Gasteiger partial charge in [0.1, 0.15) is 11.6 Å². The normalized spacial score (nSPS) is 20.3. The number of carbonyl (C=O) groups is 3. The maximum absolute atomic E-state index is 14.4. The lowest BCUT2D eigenvalue weighted by atomic mass is 9.91. The van der Waals surface area contributed by atoms with Crippen molar-refractivity contribution in [2.45, 2.75) is 30.4 Å². The predicted molar refractivity (Wildman–Crippen MR) is 147 cm³/mol. The van der Waals surface area contributed by atoms with Crippen LogP contribution >= 0.6 is 11.6 Å². The van der Waals surface area contributed by atoms with Crippen molar-refractivity contribution in [2.24, 2.45) is 0 Å². The van der Waals surface area contributed by atoms with Crippen molar-refractivity contribution >= 4 is 52.3 Å². The van der Waals surface area contributed by atoms with E-state index in [4.69, 9.17) is 11.6 Å². The molecule has 9 nitrogen and oxygen atoms in total. The molecule has 0 spiro atoms.